The van der Waals surface area contributed by atoms with Crippen molar-refractivity contribution in [2.75, 3.05) is 26.2 Å². The van der Waals surface area contributed by atoms with Crippen LogP contribution in [0.15, 0.2) is 0 Å². The molecule has 0 radical (unpaired) electrons. The van der Waals surface area contributed by atoms with Crippen molar-refractivity contribution in [1.82, 2.24) is 10.2 Å². The lowest BCUT2D eigenvalue weighted by molar-refractivity contribution is 0.0772. The highest BCUT2D eigenvalue weighted by Gasteiger charge is 2.07. The van der Waals surface area contributed by atoms with Crippen LogP contribution in [0.5, 0.6) is 0 Å². The van der Waals surface area contributed by atoms with E-state index in [2.05, 4.69) is 5.32 Å². The van der Waals surface area contributed by atoms with Gasteiger partial charge in [-0.1, -0.05) is 0 Å². The normalized spacial score (nSPS) is 10.5. The molecule has 15 heavy (non-hydrogen) atoms. The number of carbonyl (C=O) groups excluding carboxylic acids is 1. The largest absolute Gasteiger partial charge is 0.379 e. The minimum Gasteiger partial charge on any atom is -0.379 e. The Morgan fingerprint density at radius 1 is 1.33 bits per heavy atom. The number of urea groups is 1. The van der Waals surface area contributed by atoms with Gasteiger partial charge in [0.05, 0.1) is 6.10 Å². The molecular formula is C11H24N2O2. The minimum absolute atomic E-state index is 0.0181. The van der Waals surface area contributed by atoms with Crippen molar-refractivity contribution < 1.29 is 9.53 Å². The number of amides is 2. The lowest BCUT2D eigenvalue weighted by atomic mass is 10.4. The average molecular weight is 216 g/mol. The Hall–Kier alpha value is -0.770. The molecule has 0 aromatic heterocycles. The van der Waals surface area contributed by atoms with Crippen LogP contribution in [0.25, 0.3) is 0 Å². The van der Waals surface area contributed by atoms with Crippen molar-refractivity contribution in [1.29, 1.82) is 0 Å². The first-order valence-corrected chi connectivity index (χ1v) is 5.76. The molecule has 0 rings (SSSR count). The summed E-state index contributed by atoms with van der Waals surface area (Å²) in [6.07, 6.45) is 1.13. The molecule has 0 aliphatic rings. The first-order chi connectivity index (χ1) is 7.11. The molecule has 90 valence electrons. The maximum atomic E-state index is 11.5. The summed E-state index contributed by atoms with van der Waals surface area (Å²) in [6, 6.07) is 0.0181. The van der Waals surface area contributed by atoms with Crippen molar-refractivity contribution >= 4 is 6.03 Å². The van der Waals surface area contributed by atoms with E-state index in [1.165, 1.54) is 0 Å². The van der Waals surface area contributed by atoms with Crippen LogP contribution >= 0.6 is 0 Å². The van der Waals surface area contributed by atoms with Gasteiger partial charge in [0, 0.05) is 26.2 Å². The van der Waals surface area contributed by atoms with Crippen molar-refractivity contribution in [2.45, 2.75) is 40.2 Å². The molecule has 0 aromatic rings. The molecule has 0 aliphatic heterocycles. The summed E-state index contributed by atoms with van der Waals surface area (Å²) in [5, 5.41) is 2.87. The molecule has 0 unspecified atom stereocenters. The Bertz CT molecular complexity index is 168. The Balaban J connectivity index is 3.46. The predicted molar refractivity (Wildman–Crippen MR) is 62.0 cm³/mol. The Kier molecular flexibility index (Phi) is 8.09. The van der Waals surface area contributed by atoms with E-state index in [-0.39, 0.29) is 12.1 Å². The van der Waals surface area contributed by atoms with Crippen LogP contribution in [0.4, 0.5) is 4.79 Å². The van der Waals surface area contributed by atoms with Crippen LogP contribution in [-0.2, 0) is 4.74 Å². The molecule has 0 aliphatic carbocycles. The van der Waals surface area contributed by atoms with E-state index in [1.54, 1.807) is 4.90 Å². The fraction of sp³-hybridized carbons (Fsp3) is 0.909. The van der Waals surface area contributed by atoms with E-state index >= 15 is 0 Å². The third-order valence-electron chi connectivity index (χ3n) is 2.10. The molecule has 0 heterocycles. The molecule has 1 N–H and O–H groups in total. The van der Waals surface area contributed by atoms with Gasteiger partial charge in [0.25, 0.3) is 0 Å². The van der Waals surface area contributed by atoms with Crippen LogP contribution in [0.2, 0.25) is 0 Å². The van der Waals surface area contributed by atoms with Crippen LogP contribution in [0.3, 0.4) is 0 Å². The van der Waals surface area contributed by atoms with Crippen molar-refractivity contribution in [3.8, 4) is 0 Å². The minimum atomic E-state index is 0.0181. The highest BCUT2D eigenvalue weighted by molar-refractivity contribution is 5.73. The maximum absolute atomic E-state index is 11.5. The fourth-order valence-corrected chi connectivity index (χ4v) is 1.21. The molecule has 0 aromatic carbocycles. The van der Waals surface area contributed by atoms with Gasteiger partial charge in [0.15, 0.2) is 0 Å². The molecule has 2 amide bonds. The Morgan fingerprint density at radius 3 is 2.40 bits per heavy atom. The number of nitrogens with zero attached hydrogens (tertiary/aromatic N) is 1. The molecule has 0 saturated heterocycles. The van der Waals surface area contributed by atoms with E-state index in [9.17, 15) is 4.79 Å². The van der Waals surface area contributed by atoms with Gasteiger partial charge in [-0.25, -0.2) is 4.79 Å². The van der Waals surface area contributed by atoms with Crippen molar-refractivity contribution in [2.24, 2.45) is 0 Å². The van der Waals surface area contributed by atoms with Crippen LogP contribution < -0.4 is 5.32 Å². The number of rotatable bonds is 7. The molecule has 0 atom stereocenters. The Labute approximate surface area is 93.0 Å². The first-order valence-electron chi connectivity index (χ1n) is 5.76. The lowest BCUT2D eigenvalue weighted by Gasteiger charge is -2.19. The summed E-state index contributed by atoms with van der Waals surface area (Å²) >= 11 is 0. The molecule has 4 heteroatoms. The second-order valence-electron chi connectivity index (χ2n) is 3.68. The number of hydrogen-bond acceptors (Lipinski definition) is 2. The van der Waals surface area contributed by atoms with E-state index in [0.29, 0.717) is 13.2 Å². The zero-order valence-corrected chi connectivity index (χ0v) is 10.4. The van der Waals surface area contributed by atoms with Gasteiger partial charge in [-0.05, 0) is 34.1 Å². The number of carbonyl (C=O) groups is 1. The molecule has 4 nitrogen and oxygen atoms in total. The highest BCUT2D eigenvalue weighted by atomic mass is 16.5. The van der Waals surface area contributed by atoms with E-state index in [0.717, 1.165) is 19.5 Å². The van der Waals surface area contributed by atoms with Gasteiger partial charge in [0.2, 0.25) is 0 Å². The summed E-state index contributed by atoms with van der Waals surface area (Å²) in [5.41, 5.74) is 0. The summed E-state index contributed by atoms with van der Waals surface area (Å²) in [4.78, 5) is 13.2. The van der Waals surface area contributed by atoms with Crippen molar-refractivity contribution in [3.63, 3.8) is 0 Å². The number of ether oxygens (including phenoxy) is 1. The van der Waals surface area contributed by atoms with Gasteiger partial charge in [0.1, 0.15) is 0 Å². The molecule has 0 spiro atoms. The van der Waals surface area contributed by atoms with Crippen LogP contribution in [0, 0.1) is 0 Å². The van der Waals surface area contributed by atoms with Gasteiger partial charge in [-0.2, -0.15) is 0 Å². The molecule has 0 bridgehead atoms. The van der Waals surface area contributed by atoms with E-state index < -0.39 is 0 Å². The summed E-state index contributed by atoms with van der Waals surface area (Å²) in [6.45, 7) is 10.9. The fourth-order valence-electron chi connectivity index (χ4n) is 1.21. The van der Waals surface area contributed by atoms with E-state index in [1.807, 2.05) is 27.7 Å². The SMILES string of the molecule is CCN(CC)C(=O)NCCCOC(C)C. The van der Waals surface area contributed by atoms with Gasteiger partial charge in [-0.15, -0.1) is 0 Å². The predicted octanol–water partition coefficient (Wildman–Crippen LogP) is 1.85. The quantitative estimate of drug-likeness (QED) is 0.660. The van der Waals surface area contributed by atoms with Crippen molar-refractivity contribution in [3.05, 3.63) is 0 Å². The van der Waals surface area contributed by atoms with Gasteiger partial charge in [-0.3, -0.25) is 0 Å². The Morgan fingerprint density at radius 2 is 1.93 bits per heavy atom. The summed E-state index contributed by atoms with van der Waals surface area (Å²) in [5.74, 6) is 0. The summed E-state index contributed by atoms with van der Waals surface area (Å²) in [7, 11) is 0. The standard InChI is InChI=1S/C11H24N2O2/c1-5-13(6-2)11(14)12-8-7-9-15-10(3)4/h10H,5-9H2,1-4H3,(H,12,14). The first kappa shape index (κ1) is 14.2. The third-order valence-corrected chi connectivity index (χ3v) is 2.10. The second-order valence-corrected chi connectivity index (χ2v) is 3.68. The van der Waals surface area contributed by atoms with Gasteiger partial charge >= 0.3 is 6.03 Å². The third kappa shape index (κ3) is 7.19. The molecule has 0 fully saturated rings. The van der Waals surface area contributed by atoms with E-state index in [4.69, 9.17) is 4.74 Å². The zero-order valence-electron chi connectivity index (χ0n) is 10.4. The van der Waals surface area contributed by atoms with Crippen LogP contribution in [0.1, 0.15) is 34.1 Å². The lowest BCUT2D eigenvalue weighted by Crippen LogP contribution is -2.40. The molecular weight excluding hydrogens is 192 g/mol. The highest BCUT2D eigenvalue weighted by Crippen LogP contribution is 1.91. The topological polar surface area (TPSA) is 41.6 Å². The van der Waals surface area contributed by atoms with Crippen LogP contribution in [-0.4, -0.2) is 43.3 Å². The maximum Gasteiger partial charge on any atom is 0.317 e. The second kappa shape index (κ2) is 8.53. The van der Waals surface area contributed by atoms with Gasteiger partial charge < -0.3 is 15.0 Å². The number of nitrogens with one attached hydrogen (secondary N) is 1. The monoisotopic (exact) mass is 216 g/mol. The smallest absolute Gasteiger partial charge is 0.317 e. The molecule has 0 saturated carbocycles. The average Bonchev–Trinajstić information content (AvgIpc) is 2.18. The number of hydrogen-bond donors (Lipinski definition) is 1. The summed E-state index contributed by atoms with van der Waals surface area (Å²) < 4.78 is 5.37. The zero-order chi connectivity index (χ0) is 11.7.